The summed E-state index contributed by atoms with van der Waals surface area (Å²) in [5.74, 6) is -0.446. The first-order valence-electron chi connectivity index (χ1n) is 5.86. The normalized spacial score (nSPS) is 12.5. The Bertz CT molecular complexity index is 601. The molecule has 100 valence electrons. The lowest BCUT2D eigenvalue weighted by Crippen LogP contribution is -2.04. The highest BCUT2D eigenvalue weighted by molar-refractivity contribution is 9.10. The molecule has 0 aliphatic rings. The van der Waals surface area contributed by atoms with Crippen molar-refractivity contribution in [2.45, 2.75) is 19.4 Å². The van der Waals surface area contributed by atoms with Gasteiger partial charge in [-0.3, -0.25) is 0 Å². The average molecular weight is 344 g/mol. The zero-order valence-electron chi connectivity index (χ0n) is 10.3. The van der Waals surface area contributed by atoms with Gasteiger partial charge in [-0.25, -0.2) is 4.39 Å². The molecule has 1 nitrogen and oxygen atoms in total. The summed E-state index contributed by atoms with van der Waals surface area (Å²) in [7, 11) is 0. The first-order chi connectivity index (χ1) is 8.99. The maximum Gasteiger partial charge on any atom is 0.141 e. The molecule has 1 N–H and O–H groups in total. The van der Waals surface area contributed by atoms with E-state index in [9.17, 15) is 9.50 Å². The number of hydrogen-bond donors (Lipinski definition) is 1. The molecule has 0 heterocycles. The van der Waals surface area contributed by atoms with Crippen LogP contribution in [0.5, 0.6) is 0 Å². The van der Waals surface area contributed by atoms with E-state index in [4.69, 9.17) is 11.6 Å². The summed E-state index contributed by atoms with van der Waals surface area (Å²) in [5.41, 5.74) is 2.66. The molecule has 1 unspecified atom stereocenters. The molecule has 0 amide bonds. The van der Waals surface area contributed by atoms with Crippen LogP contribution in [-0.2, 0) is 6.42 Å². The van der Waals surface area contributed by atoms with Crippen LogP contribution < -0.4 is 0 Å². The molecule has 4 heteroatoms. The minimum absolute atomic E-state index is 0.0793. The van der Waals surface area contributed by atoms with E-state index in [1.807, 2.05) is 25.1 Å². The second kappa shape index (κ2) is 6.04. The third-order valence-electron chi connectivity index (χ3n) is 3.08. The molecule has 19 heavy (non-hydrogen) atoms. The van der Waals surface area contributed by atoms with E-state index in [0.717, 1.165) is 21.2 Å². The molecule has 0 radical (unpaired) electrons. The van der Waals surface area contributed by atoms with Crippen LogP contribution in [0.3, 0.4) is 0 Å². The maximum absolute atomic E-state index is 13.1. The summed E-state index contributed by atoms with van der Waals surface area (Å²) < 4.78 is 14.0. The highest BCUT2D eigenvalue weighted by atomic mass is 79.9. The highest BCUT2D eigenvalue weighted by Crippen LogP contribution is 2.27. The standard InChI is InChI=1S/C15H13BrClFO/c1-9-11(3-2-4-12(9)16)15(19)8-10-5-6-14(18)13(17)7-10/h2-7,15,19H,8H2,1H3. The molecule has 0 saturated heterocycles. The largest absolute Gasteiger partial charge is 0.388 e. The van der Waals surface area contributed by atoms with Crippen molar-refractivity contribution in [1.29, 1.82) is 0 Å². The predicted octanol–water partition coefficient (Wildman–Crippen LogP) is 4.83. The van der Waals surface area contributed by atoms with Gasteiger partial charge in [0.15, 0.2) is 0 Å². The Hall–Kier alpha value is -0.900. The van der Waals surface area contributed by atoms with Crippen LogP contribution in [0.1, 0.15) is 22.8 Å². The van der Waals surface area contributed by atoms with Crippen molar-refractivity contribution in [3.8, 4) is 0 Å². The van der Waals surface area contributed by atoms with E-state index in [1.54, 1.807) is 12.1 Å². The number of rotatable bonds is 3. The summed E-state index contributed by atoms with van der Waals surface area (Å²) in [6, 6.07) is 10.2. The van der Waals surface area contributed by atoms with Crippen molar-refractivity contribution in [1.82, 2.24) is 0 Å². The zero-order valence-corrected chi connectivity index (χ0v) is 12.7. The van der Waals surface area contributed by atoms with Gasteiger partial charge in [0, 0.05) is 10.9 Å². The van der Waals surface area contributed by atoms with E-state index < -0.39 is 11.9 Å². The van der Waals surface area contributed by atoms with Crippen LogP contribution in [0.4, 0.5) is 4.39 Å². The molecule has 0 saturated carbocycles. The van der Waals surface area contributed by atoms with Crippen LogP contribution in [0.25, 0.3) is 0 Å². The number of benzene rings is 2. The highest BCUT2D eigenvalue weighted by Gasteiger charge is 2.13. The van der Waals surface area contributed by atoms with E-state index in [-0.39, 0.29) is 5.02 Å². The second-order valence-electron chi connectivity index (χ2n) is 4.42. The predicted molar refractivity (Wildman–Crippen MR) is 79.0 cm³/mol. The molecule has 2 rings (SSSR count). The molecular formula is C15H13BrClFO. The van der Waals surface area contributed by atoms with Gasteiger partial charge in [0.2, 0.25) is 0 Å². The summed E-state index contributed by atoms with van der Waals surface area (Å²) in [6.07, 6.45) is -0.240. The van der Waals surface area contributed by atoms with Gasteiger partial charge in [0.1, 0.15) is 5.82 Å². The Morgan fingerprint density at radius 1 is 1.32 bits per heavy atom. The molecule has 1 atom stereocenters. The summed E-state index contributed by atoms with van der Waals surface area (Å²) in [6.45, 7) is 1.94. The van der Waals surface area contributed by atoms with Crippen LogP contribution in [0.2, 0.25) is 5.02 Å². The fraction of sp³-hybridized carbons (Fsp3) is 0.200. The van der Waals surface area contributed by atoms with Crippen LogP contribution in [-0.4, -0.2) is 5.11 Å². The zero-order chi connectivity index (χ0) is 14.0. The van der Waals surface area contributed by atoms with E-state index in [0.29, 0.717) is 6.42 Å². The Labute approximate surface area is 125 Å². The van der Waals surface area contributed by atoms with Crippen LogP contribution in [0.15, 0.2) is 40.9 Å². The van der Waals surface area contributed by atoms with Crippen molar-refractivity contribution in [3.05, 3.63) is 68.4 Å². The van der Waals surface area contributed by atoms with Crippen molar-refractivity contribution < 1.29 is 9.50 Å². The fourth-order valence-corrected chi connectivity index (χ4v) is 2.57. The fourth-order valence-electron chi connectivity index (χ4n) is 1.98. The van der Waals surface area contributed by atoms with Gasteiger partial charge in [0.05, 0.1) is 11.1 Å². The number of aliphatic hydroxyl groups excluding tert-OH is 1. The van der Waals surface area contributed by atoms with Gasteiger partial charge in [-0.2, -0.15) is 0 Å². The lowest BCUT2D eigenvalue weighted by molar-refractivity contribution is 0.177. The molecule has 0 spiro atoms. The summed E-state index contributed by atoms with van der Waals surface area (Å²) >= 11 is 9.17. The quantitative estimate of drug-likeness (QED) is 0.846. The van der Waals surface area contributed by atoms with E-state index >= 15 is 0 Å². The molecule has 2 aromatic carbocycles. The van der Waals surface area contributed by atoms with Crippen LogP contribution in [0, 0.1) is 12.7 Å². The number of halogens is 3. The van der Waals surface area contributed by atoms with E-state index in [1.165, 1.54) is 6.07 Å². The number of aliphatic hydroxyl groups is 1. The van der Waals surface area contributed by atoms with Gasteiger partial charge in [-0.1, -0.05) is 45.7 Å². The SMILES string of the molecule is Cc1c(Br)cccc1C(O)Cc1ccc(F)c(Cl)c1. The minimum Gasteiger partial charge on any atom is -0.388 e. The van der Waals surface area contributed by atoms with Crippen LogP contribution >= 0.6 is 27.5 Å². The first kappa shape index (κ1) is 14.5. The molecule has 2 aromatic rings. The topological polar surface area (TPSA) is 20.2 Å². The molecule has 0 fully saturated rings. The lowest BCUT2D eigenvalue weighted by Gasteiger charge is -2.15. The molecule has 0 aliphatic heterocycles. The van der Waals surface area contributed by atoms with Gasteiger partial charge in [-0.05, 0) is 41.8 Å². The summed E-state index contributed by atoms with van der Waals surface area (Å²) in [5, 5.41) is 10.4. The van der Waals surface area contributed by atoms with Gasteiger partial charge in [0.25, 0.3) is 0 Å². The Balaban J connectivity index is 2.23. The van der Waals surface area contributed by atoms with Gasteiger partial charge >= 0.3 is 0 Å². The van der Waals surface area contributed by atoms with Gasteiger partial charge in [-0.15, -0.1) is 0 Å². The second-order valence-corrected chi connectivity index (χ2v) is 5.68. The van der Waals surface area contributed by atoms with Crippen molar-refractivity contribution in [2.24, 2.45) is 0 Å². The molecular weight excluding hydrogens is 331 g/mol. The molecule has 0 aromatic heterocycles. The third kappa shape index (κ3) is 3.35. The monoisotopic (exact) mass is 342 g/mol. The Morgan fingerprint density at radius 2 is 2.05 bits per heavy atom. The third-order valence-corrected chi connectivity index (χ3v) is 4.23. The Kier molecular flexibility index (Phi) is 4.61. The summed E-state index contributed by atoms with van der Waals surface area (Å²) in [4.78, 5) is 0. The number of hydrogen-bond acceptors (Lipinski definition) is 1. The van der Waals surface area contributed by atoms with Gasteiger partial charge < -0.3 is 5.11 Å². The molecule has 0 aliphatic carbocycles. The maximum atomic E-state index is 13.1. The minimum atomic E-state index is -0.640. The first-order valence-corrected chi connectivity index (χ1v) is 7.03. The lowest BCUT2D eigenvalue weighted by atomic mass is 9.98. The smallest absolute Gasteiger partial charge is 0.141 e. The molecule has 0 bridgehead atoms. The van der Waals surface area contributed by atoms with Crippen molar-refractivity contribution in [2.75, 3.05) is 0 Å². The average Bonchev–Trinajstić information content (AvgIpc) is 2.37. The van der Waals surface area contributed by atoms with E-state index in [2.05, 4.69) is 15.9 Å². The van der Waals surface area contributed by atoms with Crippen molar-refractivity contribution >= 4 is 27.5 Å². The van der Waals surface area contributed by atoms with Crippen molar-refractivity contribution in [3.63, 3.8) is 0 Å². The Morgan fingerprint density at radius 3 is 2.74 bits per heavy atom.